The Hall–Kier alpha value is -3.10. The van der Waals surface area contributed by atoms with Gasteiger partial charge < -0.3 is 20.2 Å². The number of piperazine rings is 1. The van der Waals surface area contributed by atoms with Crippen LogP contribution in [0.3, 0.4) is 0 Å². The number of carbonyl (C=O) groups excluding carboxylic acids is 3. The summed E-state index contributed by atoms with van der Waals surface area (Å²) in [4.78, 5) is 50.6. The molecular formula is C29H44N4O5. The summed E-state index contributed by atoms with van der Waals surface area (Å²) >= 11 is 0. The van der Waals surface area contributed by atoms with E-state index in [2.05, 4.69) is 15.5 Å². The molecule has 3 amide bonds. The number of aliphatic carboxylic acids is 1. The molecule has 38 heavy (non-hydrogen) atoms. The van der Waals surface area contributed by atoms with Crippen LogP contribution in [0.2, 0.25) is 0 Å². The minimum Gasteiger partial charge on any atom is -0.481 e. The number of benzene rings is 1. The molecule has 210 valence electrons. The largest absolute Gasteiger partial charge is 0.481 e. The van der Waals surface area contributed by atoms with Gasteiger partial charge in [-0.1, -0.05) is 51.4 Å². The first-order valence-electron chi connectivity index (χ1n) is 14.4. The van der Waals surface area contributed by atoms with E-state index in [0.717, 1.165) is 69.7 Å². The molecule has 2 fully saturated rings. The van der Waals surface area contributed by atoms with Crippen LogP contribution in [0.15, 0.2) is 24.3 Å². The van der Waals surface area contributed by atoms with E-state index in [1.54, 1.807) is 0 Å². The summed E-state index contributed by atoms with van der Waals surface area (Å²) in [6.07, 6.45) is 12.8. The summed E-state index contributed by atoms with van der Waals surface area (Å²) in [5, 5.41) is 14.2. The number of anilines is 2. The third kappa shape index (κ3) is 10.3. The van der Waals surface area contributed by atoms with Crippen molar-refractivity contribution in [1.82, 2.24) is 10.2 Å². The van der Waals surface area contributed by atoms with Gasteiger partial charge in [0.2, 0.25) is 17.7 Å². The summed E-state index contributed by atoms with van der Waals surface area (Å²) in [5.74, 6) is -0.929. The number of piperidine rings is 1. The summed E-state index contributed by atoms with van der Waals surface area (Å²) in [5.41, 5.74) is 1.95. The van der Waals surface area contributed by atoms with Gasteiger partial charge in [-0.15, -0.1) is 0 Å². The van der Waals surface area contributed by atoms with E-state index in [1.165, 1.54) is 32.1 Å². The lowest BCUT2D eigenvalue weighted by molar-refractivity contribution is -0.137. The fraction of sp³-hybridized carbons (Fsp3) is 0.655. The Morgan fingerprint density at radius 2 is 1.37 bits per heavy atom. The number of rotatable bonds is 16. The molecule has 9 heteroatoms. The van der Waals surface area contributed by atoms with Crippen molar-refractivity contribution in [2.75, 3.05) is 36.4 Å². The molecule has 1 atom stereocenters. The molecule has 2 heterocycles. The van der Waals surface area contributed by atoms with Crippen LogP contribution < -0.4 is 15.5 Å². The second-order valence-electron chi connectivity index (χ2n) is 10.5. The van der Waals surface area contributed by atoms with Gasteiger partial charge in [-0.25, -0.2) is 0 Å². The van der Waals surface area contributed by atoms with E-state index < -0.39 is 5.97 Å². The Bertz CT molecular complexity index is 912. The lowest BCUT2D eigenvalue weighted by Crippen LogP contribution is -2.48. The molecule has 0 spiro atoms. The van der Waals surface area contributed by atoms with Gasteiger partial charge in [-0.2, -0.15) is 0 Å². The van der Waals surface area contributed by atoms with Gasteiger partial charge in [0.25, 0.3) is 0 Å². The average molecular weight is 529 g/mol. The zero-order chi connectivity index (χ0) is 27.2. The number of unbranched alkanes of at least 4 members (excludes halogenated alkanes) is 9. The molecule has 0 radical (unpaired) electrons. The number of carboxylic acids is 1. The van der Waals surface area contributed by atoms with E-state index in [4.69, 9.17) is 5.11 Å². The molecule has 1 aromatic carbocycles. The van der Waals surface area contributed by atoms with Gasteiger partial charge in [0.15, 0.2) is 0 Å². The third-order valence-electron chi connectivity index (χ3n) is 7.48. The van der Waals surface area contributed by atoms with Crippen molar-refractivity contribution in [3.63, 3.8) is 0 Å². The summed E-state index contributed by atoms with van der Waals surface area (Å²) in [7, 11) is 0. The standard InChI is InChI=1S/C29H44N4O5/c34-26-18-17-25(29(38)31-26)30-23-13-15-24(16-14-23)32-19-21-33(22-20-32)27(35)11-9-7-5-3-1-2-4-6-8-10-12-28(36)37/h13-16,25,30H,1-12,17-22H2,(H,36,37)(H,31,34,38). The number of carboxylic acid groups (broad SMARTS) is 1. The summed E-state index contributed by atoms with van der Waals surface area (Å²) in [6, 6.07) is 7.59. The first kappa shape index (κ1) is 29.5. The van der Waals surface area contributed by atoms with Crippen molar-refractivity contribution >= 4 is 35.1 Å². The van der Waals surface area contributed by atoms with Crippen LogP contribution >= 0.6 is 0 Å². The van der Waals surface area contributed by atoms with Crippen LogP contribution in [-0.4, -0.2) is 65.9 Å². The number of hydrogen-bond acceptors (Lipinski definition) is 6. The van der Waals surface area contributed by atoms with Crippen molar-refractivity contribution in [1.29, 1.82) is 0 Å². The third-order valence-corrected chi connectivity index (χ3v) is 7.48. The molecule has 3 rings (SSSR count). The maximum atomic E-state index is 12.6. The normalized spacial score (nSPS) is 17.8. The number of nitrogens with one attached hydrogen (secondary N) is 2. The molecule has 3 N–H and O–H groups in total. The predicted octanol–water partition coefficient (Wildman–Crippen LogP) is 4.32. The number of carbonyl (C=O) groups is 4. The van der Waals surface area contributed by atoms with Gasteiger partial charge in [0.05, 0.1) is 0 Å². The maximum Gasteiger partial charge on any atom is 0.303 e. The number of hydrogen-bond donors (Lipinski definition) is 3. The monoisotopic (exact) mass is 528 g/mol. The highest BCUT2D eigenvalue weighted by Crippen LogP contribution is 2.22. The van der Waals surface area contributed by atoms with Gasteiger partial charge in [-0.3, -0.25) is 24.5 Å². The summed E-state index contributed by atoms with van der Waals surface area (Å²) in [6.45, 7) is 3.09. The Balaban J connectivity index is 1.22. The first-order valence-corrected chi connectivity index (χ1v) is 14.4. The van der Waals surface area contributed by atoms with E-state index in [1.807, 2.05) is 29.2 Å². The molecule has 0 aromatic heterocycles. The minimum absolute atomic E-state index is 0.216. The highest BCUT2D eigenvalue weighted by Gasteiger charge is 2.26. The van der Waals surface area contributed by atoms with Crippen LogP contribution in [0.25, 0.3) is 0 Å². The van der Waals surface area contributed by atoms with Gasteiger partial charge in [0.1, 0.15) is 6.04 Å². The van der Waals surface area contributed by atoms with E-state index in [-0.39, 0.29) is 30.2 Å². The Kier molecular flexibility index (Phi) is 12.4. The molecular weight excluding hydrogens is 484 g/mol. The van der Waals surface area contributed by atoms with Crippen LogP contribution in [0.4, 0.5) is 11.4 Å². The molecule has 0 saturated carbocycles. The minimum atomic E-state index is -0.698. The van der Waals surface area contributed by atoms with Gasteiger partial charge in [0, 0.05) is 56.8 Å². The topological polar surface area (TPSA) is 119 Å². The van der Waals surface area contributed by atoms with Gasteiger partial charge >= 0.3 is 5.97 Å². The zero-order valence-corrected chi connectivity index (χ0v) is 22.6. The second-order valence-corrected chi connectivity index (χ2v) is 10.5. The van der Waals surface area contributed by atoms with Crippen LogP contribution in [0, 0.1) is 0 Å². The maximum absolute atomic E-state index is 12.6. The van der Waals surface area contributed by atoms with E-state index in [9.17, 15) is 19.2 Å². The Labute approximate surface area is 226 Å². The highest BCUT2D eigenvalue weighted by molar-refractivity contribution is 6.01. The van der Waals surface area contributed by atoms with Crippen LogP contribution in [0.1, 0.15) is 89.9 Å². The van der Waals surface area contributed by atoms with Crippen molar-refractivity contribution in [3.05, 3.63) is 24.3 Å². The number of amides is 3. The Morgan fingerprint density at radius 3 is 1.92 bits per heavy atom. The number of imide groups is 1. The quantitative estimate of drug-likeness (QED) is 0.216. The molecule has 1 unspecified atom stereocenters. The van der Waals surface area contributed by atoms with E-state index >= 15 is 0 Å². The lowest BCUT2D eigenvalue weighted by Gasteiger charge is -2.36. The van der Waals surface area contributed by atoms with Crippen molar-refractivity contribution in [2.24, 2.45) is 0 Å². The summed E-state index contributed by atoms with van der Waals surface area (Å²) < 4.78 is 0. The number of nitrogens with zero attached hydrogens (tertiary/aromatic N) is 2. The SMILES string of the molecule is O=C(O)CCCCCCCCCCCCC(=O)N1CCN(c2ccc(NC3CCC(=O)NC3=O)cc2)CC1. The molecule has 2 aliphatic heterocycles. The fourth-order valence-electron chi connectivity index (χ4n) is 5.14. The van der Waals surface area contributed by atoms with Crippen molar-refractivity contribution in [3.8, 4) is 0 Å². The zero-order valence-electron chi connectivity index (χ0n) is 22.6. The smallest absolute Gasteiger partial charge is 0.303 e. The molecule has 2 aliphatic rings. The van der Waals surface area contributed by atoms with Gasteiger partial charge in [-0.05, 0) is 43.5 Å². The van der Waals surface area contributed by atoms with Crippen molar-refractivity contribution < 1.29 is 24.3 Å². The van der Waals surface area contributed by atoms with Crippen LogP contribution in [-0.2, 0) is 19.2 Å². The van der Waals surface area contributed by atoms with E-state index in [0.29, 0.717) is 19.3 Å². The lowest BCUT2D eigenvalue weighted by atomic mass is 10.0. The highest BCUT2D eigenvalue weighted by atomic mass is 16.4. The predicted molar refractivity (Wildman–Crippen MR) is 148 cm³/mol. The molecule has 1 aromatic rings. The van der Waals surface area contributed by atoms with Crippen LogP contribution in [0.5, 0.6) is 0 Å². The fourth-order valence-corrected chi connectivity index (χ4v) is 5.14. The molecule has 0 aliphatic carbocycles. The average Bonchev–Trinajstić information content (AvgIpc) is 2.91. The molecule has 9 nitrogen and oxygen atoms in total. The Morgan fingerprint density at radius 1 is 0.816 bits per heavy atom. The molecule has 0 bridgehead atoms. The molecule has 2 saturated heterocycles. The second kappa shape index (κ2) is 16.0. The first-order chi connectivity index (χ1) is 18.4. The van der Waals surface area contributed by atoms with Crippen molar-refractivity contribution in [2.45, 2.75) is 95.9 Å².